The standard InChI is InChI=1S/C14H17N3O3S2/c1-20-12-6-3-2-5-11(12)8-9-16-14(15)17-22(18,19)13-7-4-10-21-13/h2-7,10H,8-9H2,1H3,(H3,15,16,17)/p+1. The van der Waals surface area contributed by atoms with Gasteiger partial charge in [0.15, 0.2) is 4.21 Å². The molecule has 1 aromatic carbocycles. The molecule has 6 nitrogen and oxygen atoms in total. The van der Waals surface area contributed by atoms with Crippen molar-refractivity contribution in [3.63, 3.8) is 0 Å². The highest BCUT2D eigenvalue weighted by atomic mass is 32.2. The molecule has 0 aliphatic carbocycles. The molecule has 0 unspecified atom stereocenters. The molecule has 8 heteroatoms. The first-order valence-corrected chi connectivity index (χ1v) is 8.94. The summed E-state index contributed by atoms with van der Waals surface area (Å²) >= 11 is 1.13. The lowest BCUT2D eigenvalue weighted by Gasteiger charge is -2.06. The minimum Gasteiger partial charge on any atom is -0.496 e. The number of hydrogen-bond acceptors (Lipinski definition) is 4. The van der Waals surface area contributed by atoms with Gasteiger partial charge < -0.3 is 4.74 Å². The maximum absolute atomic E-state index is 12.0. The van der Waals surface area contributed by atoms with Gasteiger partial charge in [0.05, 0.1) is 13.7 Å². The third-order valence-corrected chi connectivity index (χ3v) is 5.67. The van der Waals surface area contributed by atoms with Crippen molar-refractivity contribution in [3.8, 4) is 5.75 Å². The molecule has 0 saturated heterocycles. The van der Waals surface area contributed by atoms with Gasteiger partial charge in [-0.1, -0.05) is 24.3 Å². The maximum Gasteiger partial charge on any atom is 0.356 e. The summed E-state index contributed by atoms with van der Waals surface area (Å²) in [5.41, 5.74) is 6.71. The Morgan fingerprint density at radius 2 is 2.09 bits per heavy atom. The zero-order valence-electron chi connectivity index (χ0n) is 12.1. The van der Waals surface area contributed by atoms with Crippen molar-refractivity contribution in [2.45, 2.75) is 10.6 Å². The number of ether oxygens (including phenoxy) is 1. The molecule has 0 amide bonds. The number of rotatable bonds is 6. The van der Waals surface area contributed by atoms with Gasteiger partial charge in [-0.15, -0.1) is 11.3 Å². The van der Waals surface area contributed by atoms with E-state index in [-0.39, 0.29) is 10.2 Å². The van der Waals surface area contributed by atoms with Crippen molar-refractivity contribution in [1.29, 1.82) is 0 Å². The maximum atomic E-state index is 12.0. The molecular weight excluding hydrogens is 322 g/mol. The van der Waals surface area contributed by atoms with Crippen LogP contribution in [0.2, 0.25) is 0 Å². The molecule has 4 N–H and O–H groups in total. The van der Waals surface area contributed by atoms with Gasteiger partial charge >= 0.3 is 16.0 Å². The van der Waals surface area contributed by atoms with E-state index < -0.39 is 10.0 Å². The minimum absolute atomic E-state index is 0.00305. The second-order valence-electron chi connectivity index (χ2n) is 4.44. The third kappa shape index (κ3) is 4.22. The SMILES string of the molecule is COc1ccccc1CC[NH+]=C(N)NS(=O)(=O)c1cccs1. The van der Waals surface area contributed by atoms with E-state index in [1.54, 1.807) is 18.6 Å². The molecule has 2 rings (SSSR count). The highest BCUT2D eigenvalue weighted by Gasteiger charge is 2.20. The number of hydrogen-bond donors (Lipinski definition) is 3. The monoisotopic (exact) mass is 340 g/mol. The van der Waals surface area contributed by atoms with Gasteiger partial charge in [-0.25, -0.2) is 0 Å². The Morgan fingerprint density at radius 3 is 2.77 bits per heavy atom. The number of nitrogens with one attached hydrogen (secondary N) is 2. The lowest BCUT2D eigenvalue weighted by Crippen LogP contribution is -2.79. The van der Waals surface area contributed by atoms with Crippen LogP contribution in [0.15, 0.2) is 46.0 Å². The molecule has 118 valence electrons. The first kappa shape index (κ1) is 16.3. The second kappa shape index (κ2) is 7.28. The molecule has 0 aliphatic heterocycles. The fraction of sp³-hybridized carbons (Fsp3) is 0.214. The van der Waals surface area contributed by atoms with Gasteiger partial charge in [-0.3, -0.25) is 10.7 Å². The number of benzene rings is 1. The van der Waals surface area contributed by atoms with Crippen LogP contribution in [-0.2, 0) is 16.4 Å². The van der Waals surface area contributed by atoms with E-state index in [0.29, 0.717) is 13.0 Å². The van der Waals surface area contributed by atoms with E-state index in [1.807, 2.05) is 24.3 Å². The minimum atomic E-state index is -3.60. The lowest BCUT2D eigenvalue weighted by atomic mass is 10.1. The average Bonchev–Trinajstić information content (AvgIpc) is 3.02. The average molecular weight is 340 g/mol. The molecule has 1 heterocycles. The first-order valence-electron chi connectivity index (χ1n) is 6.57. The predicted molar refractivity (Wildman–Crippen MR) is 86.4 cm³/mol. The summed E-state index contributed by atoms with van der Waals surface area (Å²) in [6.45, 7) is 0.485. The first-order chi connectivity index (χ1) is 10.5. The molecule has 0 bridgehead atoms. The Hall–Kier alpha value is -2.06. The van der Waals surface area contributed by atoms with Crippen molar-refractivity contribution in [1.82, 2.24) is 4.72 Å². The Kier molecular flexibility index (Phi) is 5.40. The van der Waals surface area contributed by atoms with Crippen LogP contribution >= 0.6 is 11.3 Å². The molecule has 0 radical (unpaired) electrons. The number of para-hydroxylation sites is 1. The largest absolute Gasteiger partial charge is 0.496 e. The Labute approximate surface area is 133 Å². The van der Waals surface area contributed by atoms with Gasteiger partial charge in [0.1, 0.15) is 5.75 Å². The molecule has 1 aromatic heterocycles. The molecular formula is C14H18N3O3S2+. The van der Waals surface area contributed by atoms with Gasteiger partial charge in [0, 0.05) is 6.42 Å². The molecule has 0 aliphatic rings. The van der Waals surface area contributed by atoms with Gasteiger partial charge in [-0.05, 0) is 23.1 Å². The van der Waals surface area contributed by atoms with E-state index in [1.165, 1.54) is 6.07 Å². The van der Waals surface area contributed by atoms with Crippen LogP contribution in [0, 0.1) is 0 Å². The summed E-state index contributed by atoms with van der Waals surface area (Å²) in [4.78, 5) is 2.85. The summed E-state index contributed by atoms with van der Waals surface area (Å²) in [5.74, 6) is 0.797. The fourth-order valence-electron chi connectivity index (χ4n) is 1.89. The number of guanidine groups is 1. The Balaban J connectivity index is 1.96. The van der Waals surface area contributed by atoms with Gasteiger partial charge in [0.25, 0.3) is 0 Å². The lowest BCUT2D eigenvalue weighted by molar-refractivity contribution is -0.459. The summed E-state index contributed by atoms with van der Waals surface area (Å²) in [7, 11) is -1.99. The van der Waals surface area contributed by atoms with Crippen molar-refractivity contribution in [2.24, 2.45) is 5.73 Å². The molecule has 0 fully saturated rings. The Morgan fingerprint density at radius 1 is 1.32 bits per heavy atom. The topological polar surface area (TPSA) is 95.4 Å². The van der Waals surface area contributed by atoms with Crippen molar-refractivity contribution in [3.05, 3.63) is 47.3 Å². The highest BCUT2D eigenvalue weighted by Crippen LogP contribution is 2.16. The number of nitrogens with two attached hydrogens (primary N) is 1. The smallest absolute Gasteiger partial charge is 0.356 e. The zero-order valence-corrected chi connectivity index (χ0v) is 13.7. The predicted octanol–water partition coefficient (Wildman–Crippen LogP) is -0.327. The quantitative estimate of drug-likeness (QED) is 0.496. The molecule has 0 atom stereocenters. The van der Waals surface area contributed by atoms with Crippen LogP contribution in [0.3, 0.4) is 0 Å². The van der Waals surface area contributed by atoms with Crippen molar-refractivity contribution in [2.75, 3.05) is 13.7 Å². The molecule has 0 spiro atoms. The van der Waals surface area contributed by atoms with Gasteiger partial charge in [-0.2, -0.15) is 13.1 Å². The van der Waals surface area contributed by atoms with Crippen molar-refractivity contribution < 1.29 is 18.1 Å². The van der Waals surface area contributed by atoms with Crippen molar-refractivity contribution >= 4 is 27.3 Å². The van der Waals surface area contributed by atoms with E-state index in [4.69, 9.17) is 10.5 Å². The summed E-state index contributed by atoms with van der Waals surface area (Å²) in [6.07, 6.45) is 0.658. The van der Waals surface area contributed by atoms with Crippen LogP contribution in [0.4, 0.5) is 0 Å². The van der Waals surface area contributed by atoms with E-state index in [9.17, 15) is 8.42 Å². The van der Waals surface area contributed by atoms with Crippen LogP contribution in [0.5, 0.6) is 5.75 Å². The molecule has 0 saturated carbocycles. The number of sulfonamides is 1. The molecule has 2 aromatic rings. The normalized spacial score (nSPS) is 12.1. The third-order valence-electron chi connectivity index (χ3n) is 2.91. The van der Waals surface area contributed by atoms with E-state index in [2.05, 4.69) is 9.71 Å². The summed E-state index contributed by atoms with van der Waals surface area (Å²) in [6, 6.07) is 10.8. The van der Waals surface area contributed by atoms with Crippen LogP contribution in [-0.4, -0.2) is 28.0 Å². The summed E-state index contributed by atoms with van der Waals surface area (Å²) in [5, 5.41) is 1.69. The van der Waals surface area contributed by atoms with Crippen LogP contribution in [0.25, 0.3) is 0 Å². The number of thiophene rings is 1. The second-order valence-corrected chi connectivity index (χ2v) is 7.30. The zero-order chi connectivity index (χ0) is 16.0. The highest BCUT2D eigenvalue weighted by molar-refractivity contribution is 7.92. The number of methoxy groups -OCH3 is 1. The van der Waals surface area contributed by atoms with E-state index in [0.717, 1.165) is 22.6 Å². The van der Waals surface area contributed by atoms with E-state index >= 15 is 0 Å². The summed E-state index contributed by atoms with van der Waals surface area (Å²) < 4.78 is 31.7. The van der Waals surface area contributed by atoms with Crippen LogP contribution < -0.4 is 20.2 Å². The van der Waals surface area contributed by atoms with Crippen LogP contribution in [0.1, 0.15) is 5.56 Å². The fourth-order valence-corrected chi connectivity index (χ4v) is 3.86. The Bertz CT molecular complexity index is 740. The van der Waals surface area contributed by atoms with Gasteiger partial charge in [0.2, 0.25) is 0 Å². The molecule has 22 heavy (non-hydrogen) atoms.